The second-order valence-corrected chi connectivity index (χ2v) is 6.35. The zero-order valence-electron chi connectivity index (χ0n) is 14.8. The van der Waals surface area contributed by atoms with Crippen molar-refractivity contribution >= 4 is 17.6 Å². The molecule has 7 heteroatoms. The van der Waals surface area contributed by atoms with Gasteiger partial charge in [-0.15, -0.1) is 0 Å². The van der Waals surface area contributed by atoms with Crippen molar-refractivity contribution in [3.63, 3.8) is 0 Å². The van der Waals surface area contributed by atoms with E-state index in [0.29, 0.717) is 6.04 Å². The molecule has 3 rings (SSSR count). The van der Waals surface area contributed by atoms with Crippen LogP contribution in [0.15, 0.2) is 35.3 Å². The SMILES string of the molecule is CN=C(NCC(=O)Nc1ccccc1)N1CCC(N2CCOCC2)C1. The van der Waals surface area contributed by atoms with E-state index in [4.69, 9.17) is 4.74 Å². The number of benzene rings is 1. The monoisotopic (exact) mass is 345 g/mol. The molecule has 2 N–H and O–H groups in total. The van der Waals surface area contributed by atoms with E-state index < -0.39 is 0 Å². The van der Waals surface area contributed by atoms with Gasteiger partial charge < -0.3 is 20.3 Å². The molecule has 2 heterocycles. The highest BCUT2D eigenvalue weighted by Gasteiger charge is 2.30. The molecule has 0 saturated carbocycles. The molecule has 1 aromatic rings. The Bertz CT molecular complexity index is 586. The van der Waals surface area contributed by atoms with Gasteiger partial charge in [0.1, 0.15) is 0 Å². The number of carbonyl (C=O) groups is 1. The van der Waals surface area contributed by atoms with E-state index in [1.165, 1.54) is 0 Å². The summed E-state index contributed by atoms with van der Waals surface area (Å²) in [4.78, 5) is 21.2. The summed E-state index contributed by atoms with van der Waals surface area (Å²) in [6.07, 6.45) is 1.12. The Balaban J connectivity index is 1.45. The second kappa shape index (κ2) is 8.82. The van der Waals surface area contributed by atoms with Gasteiger partial charge >= 0.3 is 0 Å². The molecule has 2 aliphatic heterocycles. The molecule has 136 valence electrons. The quantitative estimate of drug-likeness (QED) is 0.618. The fraction of sp³-hybridized carbons (Fsp3) is 0.556. The van der Waals surface area contributed by atoms with Gasteiger partial charge in [-0.3, -0.25) is 14.7 Å². The van der Waals surface area contributed by atoms with Crippen molar-refractivity contribution in [2.45, 2.75) is 12.5 Å². The number of para-hydroxylation sites is 1. The Morgan fingerprint density at radius 1 is 1.24 bits per heavy atom. The van der Waals surface area contributed by atoms with Gasteiger partial charge in [-0.05, 0) is 18.6 Å². The van der Waals surface area contributed by atoms with E-state index in [1.807, 2.05) is 30.3 Å². The van der Waals surface area contributed by atoms with Gasteiger partial charge in [-0.2, -0.15) is 0 Å². The first kappa shape index (κ1) is 17.7. The number of rotatable bonds is 4. The zero-order valence-corrected chi connectivity index (χ0v) is 14.8. The van der Waals surface area contributed by atoms with E-state index >= 15 is 0 Å². The summed E-state index contributed by atoms with van der Waals surface area (Å²) in [5, 5.41) is 6.05. The standard InChI is InChI=1S/C18H27N5O2/c1-19-18(20-13-17(24)21-15-5-3-2-4-6-15)23-8-7-16(14-23)22-9-11-25-12-10-22/h2-6,16H,7-14H2,1H3,(H,19,20)(H,21,24). The molecule has 0 aromatic heterocycles. The molecular weight excluding hydrogens is 318 g/mol. The highest BCUT2D eigenvalue weighted by molar-refractivity contribution is 5.95. The molecule has 2 aliphatic rings. The fourth-order valence-electron chi connectivity index (χ4n) is 3.39. The summed E-state index contributed by atoms with van der Waals surface area (Å²) in [7, 11) is 1.76. The van der Waals surface area contributed by atoms with Crippen molar-refractivity contribution in [3.8, 4) is 0 Å². The summed E-state index contributed by atoms with van der Waals surface area (Å²) < 4.78 is 5.43. The van der Waals surface area contributed by atoms with Gasteiger partial charge in [0.15, 0.2) is 5.96 Å². The number of guanidine groups is 1. The van der Waals surface area contributed by atoms with Crippen LogP contribution < -0.4 is 10.6 Å². The lowest BCUT2D eigenvalue weighted by molar-refractivity contribution is -0.115. The molecular formula is C18H27N5O2. The number of carbonyl (C=O) groups excluding carboxylic acids is 1. The first-order chi connectivity index (χ1) is 12.3. The normalized spacial score (nSPS) is 22.0. The number of aliphatic imine (C=N–C) groups is 1. The number of hydrogen-bond acceptors (Lipinski definition) is 4. The number of likely N-dealkylation sites (tertiary alicyclic amines) is 1. The van der Waals surface area contributed by atoms with Gasteiger partial charge in [0.2, 0.25) is 5.91 Å². The third-order valence-corrected chi connectivity index (χ3v) is 4.70. The van der Waals surface area contributed by atoms with Gasteiger partial charge in [0, 0.05) is 45.0 Å². The average Bonchev–Trinajstić information content (AvgIpc) is 3.14. The van der Waals surface area contributed by atoms with Crippen LogP contribution in [0.3, 0.4) is 0 Å². The highest BCUT2D eigenvalue weighted by Crippen LogP contribution is 2.17. The van der Waals surface area contributed by atoms with Crippen LogP contribution in [0, 0.1) is 0 Å². The number of morpholine rings is 1. The van der Waals surface area contributed by atoms with Crippen molar-refractivity contribution in [2.75, 3.05) is 58.3 Å². The number of anilines is 1. The van der Waals surface area contributed by atoms with E-state index in [-0.39, 0.29) is 12.5 Å². The summed E-state index contributed by atoms with van der Waals surface area (Å²) in [6.45, 7) is 5.77. The lowest BCUT2D eigenvalue weighted by Gasteiger charge is -2.32. The van der Waals surface area contributed by atoms with Crippen LogP contribution in [-0.4, -0.2) is 80.7 Å². The molecule has 0 bridgehead atoms. The maximum absolute atomic E-state index is 12.1. The molecule has 2 saturated heterocycles. The lowest BCUT2D eigenvalue weighted by atomic mass is 10.2. The maximum atomic E-state index is 12.1. The van der Waals surface area contributed by atoms with E-state index in [9.17, 15) is 4.79 Å². The number of hydrogen-bond donors (Lipinski definition) is 2. The van der Waals surface area contributed by atoms with Crippen molar-refractivity contribution in [1.82, 2.24) is 15.1 Å². The Morgan fingerprint density at radius 2 is 2.00 bits per heavy atom. The van der Waals surface area contributed by atoms with E-state index in [1.54, 1.807) is 7.05 Å². The molecule has 0 spiro atoms. The van der Waals surface area contributed by atoms with Crippen LogP contribution in [0.5, 0.6) is 0 Å². The van der Waals surface area contributed by atoms with Crippen LogP contribution in [0.2, 0.25) is 0 Å². The van der Waals surface area contributed by atoms with Crippen LogP contribution >= 0.6 is 0 Å². The second-order valence-electron chi connectivity index (χ2n) is 6.35. The molecule has 0 radical (unpaired) electrons. The minimum absolute atomic E-state index is 0.0729. The number of ether oxygens (including phenoxy) is 1. The molecule has 1 amide bonds. The lowest BCUT2D eigenvalue weighted by Crippen LogP contribution is -2.47. The smallest absolute Gasteiger partial charge is 0.243 e. The van der Waals surface area contributed by atoms with Crippen LogP contribution in [-0.2, 0) is 9.53 Å². The first-order valence-electron chi connectivity index (χ1n) is 8.88. The summed E-state index contributed by atoms with van der Waals surface area (Å²) in [6, 6.07) is 10.0. The molecule has 2 fully saturated rings. The number of nitrogens with one attached hydrogen (secondary N) is 2. The summed E-state index contributed by atoms with van der Waals surface area (Å²) >= 11 is 0. The van der Waals surface area contributed by atoms with Crippen LogP contribution in [0.4, 0.5) is 5.69 Å². The average molecular weight is 345 g/mol. The maximum Gasteiger partial charge on any atom is 0.243 e. The van der Waals surface area contributed by atoms with Gasteiger partial charge in [-0.25, -0.2) is 0 Å². The first-order valence-corrected chi connectivity index (χ1v) is 8.88. The Hall–Kier alpha value is -2.12. The molecule has 0 aliphatic carbocycles. The Kier molecular flexibility index (Phi) is 6.25. The minimum atomic E-state index is -0.0729. The van der Waals surface area contributed by atoms with Gasteiger partial charge in [-0.1, -0.05) is 18.2 Å². The Morgan fingerprint density at radius 3 is 2.72 bits per heavy atom. The summed E-state index contributed by atoms with van der Waals surface area (Å²) in [5.74, 6) is 0.718. The molecule has 1 atom stereocenters. The Labute approximate surface area is 149 Å². The largest absolute Gasteiger partial charge is 0.379 e. The predicted octanol–water partition coefficient (Wildman–Crippen LogP) is 0.607. The third-order valence-electron chi connectivity index (χ3n) is 4.70. The van der Waals surface area contributed by atoms with Crippen LogP contribution in [0.25, 0.3) is 0 Å². The highest BCUT2D eigenvalue weighted by atomic mass is 16.5. The molecule has 1 unspecified atom stereocenters. The molecule has 25 heavy (non-hydrogen) atoms. The van der Waals surface area contributed by atoms with Gasteiger partial charge in [0.25, 0.3) is 0 Å². The predicted molar refractivity (Wildman–Crippen MR) is 98.8 cm³/mol. The van der Waals surface area contributed by atoms with Gasteiger partial charge in [0.05, 0.1) is 19.8 Å². The number of nitrogens with zero attached hydrogens (tertiary/aromatic N) is 3. The molecule has 1 aromatic carbocycles. The topological polar surface area (TPSA) is 69.2 Å². The van der Waals surface area contributed by atoms with Crippen molar-refractivity contribution in [2.24, 2.45) is 4.99 Å². The fourth-order valence-corrected chi connectivity index (χ4v) is 3.39. The van der Waals surface area contributed by atoms with Crippen molar-refractivity contribution in [3.05, 3.63) is 30.3 Å². The van der Waals surface area contributed by atoms with Crippen molar-refractivity contribution < 1.29 is 9.53 Å². The minimum Gasteiger partial charge on any atom is -0.379 e. The van der Waals surface area contributed by atoms with E-state index in [2.05, 4.69) is 25.4 Å². The van der Waals surface area contributed by atoms with E-state index in [0.717, 1.165) is 57.5 Å². The zero-order chi connectivity index (χ0) is 17.5. The third kappa shape index (κ3) is 4.93. The summed E-state index contributed by atoms with van der Waals surface area (Å²) in [5.41, 5.74) is 0.804. The number of amides is 1. The van der Waals surface area contributed by atoms with Crippen LogP contribution in [0.1, 0.15) is 6.42 Å². The molecule has 7 nitrogen and oxygen atoms in total. The van der Waals surface area contributed by atoms with Crippen molar-refractivity contribution in [1.29, 1.82) is 0 Å².